The lowest BCUT2D eigenvalue weighted by Gasteiger charge is -2.17. The first kappa shape index (κ1) is 13.1. The molecule has 0 amide bonds. The molecular formula is C14H18ClN3S. The second-order valence-corrected chi connectivity index (χ2v) is 6.55. The van der Waals surface area contributed by atoms with Gasteiger partial charge in [0.2, 0.25) is 0 Å². The molecule has 0 aliphatic carbocycles. The molecule has 0 N–H and O–H groups in total. The topological polar surface area (TPSA) is 29.0 Å². The summed E-state index contributed by atoms with van der Waals surface area (Å²) in [6.45, 7) is 4.35. The van der Waals surface area contributed by atoms with Crippen molar-refractivity contribution >= 4 is 39.0 Å². The quantitative estimate of drug-likeness (QED) is 0.805. The van der Waals surface area contributed by atoms with Crippen LogP contribution in [0.5, 0.6) is 0 Å². The zero-order chi connectivity index (χ0) is 13.2. The Balaban J connectivity index is 1.90. The highest BCUT2D eigenvalue weighted by Crippen LogP contribution is 2.33. The Kier molecular flexibility index (Phi) is 3.89. The van der Waals surface area contributed by atoms with E-state index in [1.54, 1.807) is 17.7 Å². The summed E-state index contributed by atoms with van der Waals surface area (Å²) in [5.74, 6) is 2.58. The van der Waals surface area contributed by atoms with Crippen molar-refractivity contribution in [1.29, 1.82) is 0 Å². The molecular weight excluding hydrogens is 278 g/mol. The highest BCUT2D eigenvalue weighted by molar-refractivity contribution is 7.18. The van der Waals surface area contributed by atoms with Gasteiger partial charge in [-0.3, -0.25) is 0 Å². The first-order valence-electron chi connectivity index (χ1n) is 6.86. The van der Waals surface area contributed by atoms with Crippen LogP contribution in [-0.4, -0.2) is 28.9 Å². The Hall–Kier alpha value is -0.870. The lowest BCUT2D eigenvalue weighted by Crippen LogP contribution is -2.21. The van der Waals surface area contributed by atoms with E-state index in [1.165, 1.54) is 16.7 Å². The first-order valence-corrected chi connectivity index (χ1v) is 8.21. The minimum Gasteiger partial charge on any atom is -0.356 e. The van der Waals surface area contributed by atoms with Crippen LogP contribution in [0.1, 0.15) is 24.6 Å². The van der Waals surface area contributed by atoms with E-state index in [-0.39, 0.29) is 0 Å². The van der Waals surface area contributed by atoms with E-state index < -0.39 is 0 Å². The molecule has 0 aromatic carbocycles. The summed E-state index contributed by atoms with van der Waals surface area (Å²) in [5, 5.41) is 1.22. The van der Waals surface area contributed by atoms with Gasteiger partial charge in [-0.2, -0.15) is 0 Å². The Morgan fingerprint density at radius 1 is 1.47 bits per heavy atom. The molecule has 0 saturated carbocycles. The average Bonchev–Trinajstić information content (AvgIpc) is 3.04. The van der Waals surface area contributed by atoms with Crippen molar-refractivity contribution in [1.82, 2.24) is 9.97 Å². The van der Waals surface area contributed by atoms with Crippen molar-refractivity contribution in [3.8, 4) is 0 Å². The molecule has 2 aromatic rings. The van der Waals surface area contributed by atoms with Crippen molar-refractivity contribution in [2.24, 2.45) is 5.92 Å². The number of halogens is 1. The largest absolute Gasteiger partial charge is 0.356 e. The fourth-order valence-corrected chi connectivity index (χ4v) is 3.97. The van der Waals surface area contributed by atoms with E-state index in [2.05, 4.69) is 27.9 Å². The van der Waals surface area contributed by atoms with Crippen molar-refractivity contribution in [2.75, 3.05) is 23.9 Å². The summed E-state index contributed by atoms with van der Waals surface area (Å²) in [4.78, 5) is 13.8. The number of alkyl halides is 1. The fraction of sp³-hybridized carbons (Fsp3) is 0.571. The molecule has 1 unspecified atom stereocenters. The van der Waals surface area contributed by atoms with Crippen LogP contribution in [0, 0.1) is 5.92 Å². The van der Waals surface area contributed by atoms with Gasteiger partial charge in [0.25, 0.3) is 0 Å². The Morgan fingerprint density at radius 3 is 3.16 bits per heavy atom. The molecule has 3 rings (SSSR count). The molecule has 1 aliphatic heterocycles. The first-order chi connectivity index (χ1) is 9.31. The molecule has 0 radical (unpaired) electrons. The SMILES string of the molecule is CCc1cc2c(N3CCC(CCCl)C3)ncnc2s1. The molecule has 1 atom stereocenters. The lowest BCUT2D eigenvalue weighted by molar-refractivity contribution is 0.572. The number of aromatic nitrogens is 2. The van der Waals surface area contributed by atoms with Crippen molar-refractivity contribution in [3.05, 3.63) is 17.3 Å². The molecule has 2 aromatic heterocycles. The van der Waals surface area contributed by atoms with Gasteiger partial charge in [-0.05, 0) is 31.2 Å². The van der Waals surface area contributed by atoms with Gasteiger partial charge in [-0.1, -0.05) is 6.92 Å². The highest BCUT2D eigenvalue weighted by Gasteiger charge is 2.24. The third-order valence-electron chi connectivity index (χ3n) is 3.81. The van der Waals surface area contributed by atoms with E-state index in [0.29, 0.717) is 5.92 Å². The van der Waals surface area contributed by atoms with Crippen LogP contribution >= 0.6 is 22.9 Å². The number of thiophene rings is 1. The summed E-state index contributed by atoms with van der Waals surface area (Å²) < 4.78 is 0. The molecule has 1 saturated heterocycles. The van der Waals surface area contributed by atoms with E-state index in [1.807, 2.05) is 0 Å². The van der Waals surface area contributed by atoms with Gasteiger partial charge in [0.15, 0.2) is 0 Å². The minimum absolute atomic E-state index is 0.715. The smallest absolute Gasteiger partial charge is 0.140 e. The van der Waals surface area contributed by atoms with Crippen LogP contribution in [0.4, 0.5) is 5.82 Å². The fourth-order valence-electron chi connectivity index (χ4n) is 2.73. The minimum atomic E-state index is 0.715. The van der Waals surface area contributed by atoms with Crippen LogP contribution in [0.2, 0.25) is 0 Å². The summed E-state index contributed by atoms with van der Waals surface area (Å²) >= 11 is 7.63. The monoisotopic (exact) mass is 295 g/mol. The van der Waals surface area contributed by atoms with Crippen LogP contribution in [0.25, 0.3) is 10.2 Å². The van der Waals surface area contributed by atoms with E-state index >= 15 is 0 Å². The molecule has 0 bridgehead atoms. The van der Waals surface area contributed by atoms with E-state index in [0.717, 1.165) is 42.5 Å². The standard InChI is InChI=1S/C14H18ClN3S/c1-2-11-7-12-13(16-9-17-14(12)19-11)18-6-4-10(8-18)3-5-15/h7,9-10H,2-6,8H2,1H3. The maximum Gasteiger partial charge on any atom is 0.140 e. The van der Waals surface area contributed by atoms with Gasteiger partial charge >= 0.3 is 0 Å². The Morgan fingerprint density at radius 2 is 2.37 bits per heavy atom. The van der Waals surface area contributed by atoms with Crippen LogP contribution in [-0.2, 0) is 6.42 Å². The average molecular weight is 296 g/mol. The molecule has 1 fully saturated rings. The summed E-state index contributed by atoms with van der Waals surface area (Å²) in [6.07, 6.45) is 5.09. The molecule has 1 aliphatic rings. The van der Waals surface area contributed by atoms with Crippen LogP contribution in [0.15, 0.2) is 12.4 Å². The predicted octanol–water partition coefficient (Wildman–Crippen LogP) is 3.71. The van der Waals surface area contributed by atoms with Crippen LogP contribution < -0.4 is 4.90 Å². The maximum atomic E-state index is 5.85. The van der Waals surface area contributed by atoms with Crippen LogP contribution in [0.3, 0.4) is 0 Å². The van der Waals surface area contributed by atoms with Gasteiger partial charge in [0.05, 0.1) is 5.39 Å². The summed E-state index contributed by atoms with van der Waals surface area (Å²) in [7, 11) is 0. The molecule has 19 heavy (non-hydrogen) atoms. The highest BCUT2D eigenvalue weighted by atomic mass is 35.5. The van der Waals surface area contributed by atoms with Crippen molar-refractivity contribution < 1.29 is 0 Å². The van der Waals surface area contributed by atoms with Gasteiger partial charge in [0.1, 0.15) is 17.0 Å². The van der Waals surface area contributed by atoms with Gasteiger partial charge in [-0.25, -0.2) is 9.97 Å². The number of aryl methyl sites for hydroxylation is 1. The third-order valence-corrected chi connectivity index (χ3v) is 5.22. The molecule has 5 heteroatoms. The van der Waals surface area contributed by atoms with E-state index in [9.17, 15) is 0 Å². The molecule has 0 spiro atoms. The maximum absolute atomic E-state index is 5.85. The number of hydrogen-bond acceptors (Lipinski definition) is 4. The Bertz CT molecular complexity index is 569. The summed E-state index contributed by atoms with van der Waals surface area (Å²) in [5.41, 5.74) is 0. The van der Waals surface area contributed by atoms with Gasteiger partial charge < -0.3 is 4.90 Å². The number of rotatable bonds is 4. The number of hydrogen-bond donors (Lipinski definition) is 0. The predicted molar refractivity (Wildman–Crippen MR) is 82.5 cm³/mol. The van der Waals surface area contributed by atoms with Crippen molar-refractivity contribution in [2.45, 2.75) is 26.2 Å². The van der Waals surface area contributed by atoms with E-state index in [4.69, 9.17) is 11.6 Å². The molecule has 3 heterocycles. The molecule has 3 nitrogen and oxygen atoms in total. The zero-order valence-corrected chi connectivity index (χ0v) is 12.7. The number of nitrogens with zero attached hydrogens (tertiary/aromatic N) is 3. The van der Waals surface area contributed by atoms with Gasteiger partial charge in [0, 0.05) is 23.8 Å². The Labute approximate surface area is 122 Å². The van der Waals surface area contributed by atoms with Crippen molar-refractivity contribution in [3.63, 3.8) is 0 Å². The summed E-state index contributed by atoms with van der Waals surface area (Å²) in [6, 6.07) is 2.25. The second kappa shape index (κ2) is 5.63. The third kappa shape index (κ3) is 2.56. The normalized spacial score (nSPS) is 19.5. The van der Waals surface area contributed by atoms with Gasteiger partial charge in [-0.15, -0.1) is 22.9 Å². The number of fused-ring (bicyclic) bond motifs is 1. The lowest BCUT2D eigenvalue weighted by atomic mass is 10.1. The zero-order valence-electron chi connectivity index (χ0n) is 11.1. The number of anilines is 1. The molecule has 102 valence electrons. The second-order valence-electron chi connectivity index (χ2n) is 5.06.